The summed E-state index contributed by atoms with van der Waals surface area (Å²) >= 11 is 0. The third-order valence-electron chi connectivity index (χ3n) is 2.19. The lowest BCUT2D eigenvalue weighted by atomic mass is 10.1. The molecule has 0 aliphatic rings. The van der Waals surface area contributed by atoms with Crippen molar-refractivity contribution in [3.63, 3.8) is 0 Å². The van der Waals surface area contributed by atoms with Crippen LogP contribution in [0, 0.1) is 18.3 Å². The molecule has 2 aromatic rings. The van der Waals surface area contributed by atoms with Crippen molar-refractivity contribution in [3.8, 4) is 6.07 Å². The molecule has 0 amide bonds. The summed E-state index contributed by atoms with van der Waals surface area (Å²) in [6.45, 7) is 2.28. The van der Waals surface area contributed by atoms with E-state index in [4.69, 9.17) is 11.0 Å². The van der Waals surface area contributed by atoms with Crippen LogP contribution in [-0.2, 0) is 6.54 Å². The average Bonchev–Trinajstić information content (AvgIpc) is 2.58. The number of hydrogen-bond donors (Lipinski definition) is 2. The number of hydrogen-bond acceptors (Lipinski definition) is 3. The predicted octanol–water partition coefficient (Wildman–Crippen LogP) is 1.20. The van der Waals surface area contributed by atoms with Crippen LogP contribution in [0.4, 0.5) is 0 Å². The first-order valence-electron chi connectivity index (χ1n) is 4.34. The Morgan fingerprint density at radius 1 is 1.57 bits per heavy atom. The first kappa shape index (κ1) is 8.73. The number of H-pyrrole nitrogens is 1. The minimum absolute atomic E-state index is 0.385. The highest BCUT2D eigenvalue weighted by atomic mass is 14.9. The molecule has 0 saturated carbocycles. The molecular formula is C10H10N4. The Morgan fingerprint density at radius 3 is 3.00 bits per heavy atom. The molecule has 0 aliphatic heterocycles. The SMILES string of the molecule is Cc1cc2nc(CN)[nH]c2cc1C#N. The maximum Gasteiger partial charge on any atom is 0.121 e. The van der Waals surface area contributed by atoms with Gasteiger partial charge in [0.2, 0.25) is 0 Å². The van der Waals surface area contributed by atoms with Crippen LogP contribution in [0.2, 0.25) is 0 Å². The summed E-state index contributed by atoms with van der Waals surface area (Å²) in [5, 5.41) is 8.83. The summed E-state index contributed by atoms with van der Waals surface area (Å²) in [5.41, 5.74) is 8.81. The van der Waals surface area contributed by atoms with E-state index in [1.807, 2.05) is 13.0 Å². The number of nitrogens with one attached hydrogen (secondary N) is 1. The third kappa shape index (κ3) is 1.24. The molecule has 1 aromatic heterocycles. The van der Waals surface area contributed by atoms with Crippen LogP contribution in [0.3, 0.4) is 0 Å². The Hall–Kier alpha value is -1.86. The summed E-state index contributed by atoms with van der Waals surface area (Å²) in [6, 6.07) is 5.83. The quantitative estimate of drug-likeness (QED) is 0.702. The Morgan fingerprint density at radius 2 is 2.36 bits per heavy atom. The molecule has 0 aliphatic carbocycles. The van der Waals surface area contributed by atoms with Crippen molar-refractivity contribution in [1.82, 2.24) is 9.97 Å². The van der Waals surface area contributed by atoms with Gasteiger partial charge in [-0.2, -0.15) is 5.26 Å². The van der Waals surface area contributed by atoms with E-state index in [1.165, 1.54) is 0 Å². The number of nitrogens with two attached hydrogens (primary N) is 1. The van der Waals surface area contributed by atoms with Crippen molar-refractivity contribution >= 4 is 11.0 Å². The Labute approximate surface area is 81.4 Å². The highest BCUT2D eigenvalue weighted by Gasteiger charge is 2.04. The summed E-state index contributed by atoms with van der Waals surface area (Å²) < 4.78 is 0. The Balaban J connectivity index is 2.71. The molecular weight excluding hydrogens is 176 g/mol. The molecule has 3 N–H and O–H groups in total. The second kappa shape index (κ2) is 3.13. The minimum atomic E-state index is 0.385. The monoisotopic (exact) mass is 186 g/mol. The highest BCUT2D eigenvalue weighted by Crippen LogP contribution is 2.17. The maximum absolute atomic E-state index is 8.83. The van der Waals surface area contributed by atoms with Gasteiger partial charge in [-0.1, -0.05) is 0 Å². The lowest BCUT2D eigenvalue weighted by Gasteiger charge is -1.94. The van der Waals surface area contributed by atoms with Crippen molar-refractivity contribution in [1.29, 1.82) is 5.26 Å². The summed E-state index contributed by atoms with van der Waals surface area (Å²) in [4.78, 5) is 7.34. The molecule has 1 heterocycles. The number of imidazole rings is 1. The van der Waals surface area contributed by atoms with Gasteiger partial charge in [0.1, 0.15) is 5.82 Å². The van der Waals surface area contributed by atoms with Gasteiger partial charge in [0.05, 0.1) is 29.2 Å². The van der Waals surface area contributed by atoms with E-state index in [0.717, 1.165) is 22.4 Å². The van der Waals surface area contributed by atoms with Gasteiger partial charge in [-0.3, -0.25) is 0 Å². The predicted molar refractivity (Wildman–Crippen MR) is 53.4 cm³/mol. The molecule has 4 nitrogen and oxygen atoms in total. The van der Waals surface area contributed by atoms with Crippen LogP contribution in [-0.4, -0.2) is 9.97 Å². The van der Waals surface area contributed by atoms with Crippen molar-refractivity contribution in [2.75, 3.05) is 0 Å². The van der Waals surface area contributed by atoms with Crippen LogP contribution in [0.5, 0.6) is 0 Å². The van der Waals surface area contributed by atoms with Crippen LogP contribution in [0.1, 0.15) is 17.0 Å². The fourth-order valence-electron chi connectivity index (χ4n) is 1.43. The zero-order valence-electron chi connectivity index (χ0n) is 7.83. The van der Waals surface area contributed by atoms with Crippen LogP contribution in [0.25, 0.3) is 11.0 Å². The van der Waals surface area contributed by atoms with Crippen LogP contribution in [0.15, 0.2) is 12.1 Å². The van der Waals surface area contributed by atoms with E-state index in [1.54, 1.807) is 6.07 Å². The summed E-state index contributed by atoms with van der Waals surface area (Å²) in [5.74, 6) is 0.745. The molecule has 0 atom stereocenters. The number of nitriles is 1. The molecule has 1 aromatic carbocycles. The van der Waals surface area contributed by atoms with Crippen molar-refractivity contribution < 1.29 is 0 Å². The van der Waals surface area contributed by atoms with Gasteiger partial charge < -0.3 is 10.7 Å². The summed E-state index contributed by atoms with van der Waals surface area (Å²) in [7, 11) is 0. The number of aromatic nitrogens is 2. The van der Waals surface area contributed by atoms with Gasteiger partial charge in [-0.15, -0.1) is 0 Å². The van der Waals surface area contributed by atoms with E-state index in [-0.39, 0.29) is 0 Å². The van der Waals surface area contributed by atoms with Gasteiger partial charge in [-0.25, -0.2) is 4.98 Å². The Bertz CT molecular complexity index is 519. The molecule has 70 valence electrons. The van der Waals surface area contributed by atoms with Gasteiger partial charge in [0, 0.05) is 0 Å². The minimum Gasteiger partial charge on any atom is -0.341 e. The first-order valence-corrected chi connectivity index (χ1v) is 4.34. The molecule has 14 heavy (non-hydrogen) atoms. The standard InChI is InChI=1S/C10H10N4/c1-6-2-8-9(3-7(6)4-11)14-10(5-12)13-8/h2-3H,5,12H2,1H3,(H,13,14). The largest absolute Gasteiger partial charge is 0.341 e. The lowest BCUT2D eigenvalue weighted by molar-refractivity contribution is 0.958. The van der Waals surface area contributed by atoms with E-state index >= 15 is 0 Å². The highest BCUT2D eigenvalue weighted by molar-refractivity contribution is 5.78. The van der Waals surface area contributed by atoms with Crippen LogP contribution < -0.4 is 5.73 Å². The number of rotatable bonds is 1. The lowest BCUT2D eigenvalue weighted by Crippen LogP contribution is -1.97. The van der Waals surface area contributed by atoms with Crippen molar-refractivity contribution in [3.05, 3.63) is 29.1 Å². The van der Waals surface area contributed by atoms with Gasteiger partial charge in [0.25, 0.3) is 0 Å². The zero-order chi connectivity index (χ0) is 10.1. The molecule has 0 radical (unpaired) electrons. The smallest absolute Gasteiger partial charge is 0.121 e. The molecule has 0 spiro atoms. The van der Waals surface area contributed by atoms with Gasteiger partial charge in [0.15, 0.2) is 0 Å². The summed E-state index contributed by atoms with van der Waals surface area (Å²) in [6.07, 6.45) is 0. The topological polar surface area (TPSA) is 78.5 Å². The first-order chi connectivity index (χ1) is 6.74. The number of fused-ring (bicyclic) bond motifs is 1. The molecule has 0 unspecified atom stereocenters. The van der Waals surface area contributed by atoms with Crippen molar-refractivity contribution in [2.24, 2.45) is 5.73 Å². The molecule has 2 rings (SSSR count). The number of aryl methyl sites for hydroxylation is 1. The molecule has 0 fully saturated rings. The number of benzene rings is 1. The normalized spacial score (nSPS) is 10.4. The van der Waals surface area contributed by atoms with Gasteiger partial charge in [-0.05, 0) is 24.6 Å². The number of nitrogens with zero attached hydrogens (tertiary/aromatic N) is 2. The van der Waals surface area contributed by atoms with Crippen LogP contribution >= 0.6 is 0 Å². The third-order valence-corrected chi connectivity index (χ3v) is 2.19. The molecule has 4 heteroatoms. The zero-order valence-corrected chi connectivity index (χ0v) is 7.83. The van der Waals surface area contributed by atoms with Gasteiger partial charge >= 0.3 is 0 Å². The van der Waals surface area contributed by atoms with E-state index in [0.29, 0.717) is 12.1 Å². The van der Waals surface area contributed by atoms with E-state index in [2.05, 4.69) is 16.0 Å². The van der Waals surface area contributed by atoms with E-state index in [9.17, 15) is 0 Å². The maximum atomic E-state index is 8.83. The average molecular weight is 186 g/mol. The van der Waals surface area contributed by atoms with Crippen molar-refractivity contribution in [2.45, 2.75) is 13.5 Å². The van der Waals surface area contributed by atoms with E-state index < -0.39 is 0 Å². The molecule has 0 bridgehead atoms. The second-order valence-corrected chi connectivity index (χ2v) is 3.18. The molecule has 0 saturated heterocycles. The fourth-order valence-corrected chi connectivity index (χ4v) is 1.43. The second-order valence-electron chi connectivity index (χ2n) is 3.18. The Kier molecular flexibility index (Phi) is 1.95. The number of aromatic amines is 1. The fraction of sp³-hybridized carbons (Fsp3) is 0.200.